The maximum absolute atomic E-state index is 12.0. The minimum Gasteiger partial charge on any atom is -0.397 e. The molecule has 18 heavy (non-hydrogen) atoms. The highest BCUT2D eigenvalue weighted by molar-refractivity contribution is 5.95. The number of nitrogens with one attached hydrogen (secondary N) is 1. The molecule has 0 radical (unpaired) electrons. The molecule has 4 nitrogen and oxygen atoms in total. The standard InChI is InChI=1S/C14H19N3O/c15-12-3-1-2-4-13(12)16-14(18)9-17-8-10-5-6-11(17)7-10/h1-4,10-11H,5-9,15H2,(H,16,18). The lowest BCUT2D eigenvalue weighted by Crippen LogP contribution is -2.38. The normalized spacial score (nSPS) is 26.4. The molecule has 1 aromatic rings. The van der Waals surface area contributed by atoms with Crippen molar-refractivity contribution in [3.63, 3.8) is 0 Å². The quantitative estimate of drug-likeness (QED) is 0.797. The summed E-state index contributed by atoms with van der Waals surface area (Å²) in [5, 5.41) is 2.89. The van der Waals surface area contributed by atoms with Crippen LogP contribution < -0.4 is 11.1 Å². The number of nitrogen functional groups attached to an aromatic ring is 1. The smallest absolute Gasteiger partial charge is 0.238 e. The van der Waals surface area contributed by atoms with Crippen molar-refractivity contribution in [2.75, 3.05) is 24.1 Å². The van der Waals surface area contributed by atoms with Crippen molar-refractivity contribution < 1.29 is 4.79 Å². The van der Waals surface area contributed by atoms with Gasteiger partial charge in [0.15, 0.2) is 0 Å². The van der Waals surface area contributed by atoms with E-state index in [1.54, 1.807) is 6.07 Å². The number of piperidine rings is 1. The number of para-hydroxylation sites is 2. The molecule has 4 heteroatoms. The van der Waals surface area contributed by atoms with Gasteiger partial charge in [0.1, 0.15) is 0 Å². The topological polar surface area (TPSA) is 58.4 Å². The minimum absolute atomic E-state index is 0.0421. The first-order chi connectivity index (χ1) is 8.72. The summed E-state index contributed by atoms with van der Waals surface area (Å²) in [4.78, 5) is 14.3. The molecule has 2 fully saturated rings. The summed E-state index contributed by atoms with van der Waals surface area (Å²) in [6.07, 6.45) is 3.88. The van der Waals surface area contributed by atoms with Gasteiger partial charge in [0.2, 0.25) is 5.91 Å². The van der Waals surface area contributed by atoms with Crippen LogP contribution in [0.4, 0.5) is 11.4 Å². The molecule has 2 unspecified atom stereocenters. The van der Waals surface area contributed by atoms with Gasteiger partial charge in [0, 0.05) is 12.6 Å². The van der Waals surface area contributed by atoms with E-state index >= 15 is 0 Å². The number of carbonyl (C=O) groups excluding carboxylic acids is 1. The molecule has 3 rings (SSSR count). The molecular formula is C14H19N3O. The fraction of sp³-hybridized carbons (Fsp3) is 0.500. The van der Waals surface area contributed by atoms with Crippen molar-refractivity contribution in [2.45, 2.75) is 25.3 Å². The maximum atomic E-state index is 12.0. The lowest BCUT2D eigenvalue weighted by atomic mass is 10.1. The van der Waals surface area contributed by atoms with Crippen LogP contribution in [-0.4, -0.2) is 29.9 Å². The van der Waals surface area contributed by atoms with E-state index in [4.69, 9.17) is 5.73 Å². The zero-order valence-electron chi connectivity index (χ0n) is 10.4. The van der Waals surface area contributed by atoms with Gasteiger partial charge in [-0.25, -0.2) is 0 Å². The summed E-state index contributed by atoms with van der Waals surface area (Å²) in [5.74, 6) is 0.866. The highest BCUT2D eigenvalue weighted by atomic mass is 16.2. The van der Waals surface area contributed by atoms with Crippen LogP contribution in [0.25, 0.3) is 0 Å². The number of amides is 1. The molecule has 2 bridgehead atoms. The van der Waals surface area contributed by atoms with E-state index in [0.717, 1.165) is 12.5 Å². The van der Waals surface area contributed by atoms with Crippen LogP contribution in [0.1, 0.15) is 19.3 Å². The Labute approximate surface area is 107 Å². The van der Waals surface area contributed by atoms with Gasteiger partial charge in [0.05, 0.1) is 17.9 Å². The van der Waals surface area contributed by atoms with Gasteiger partial charge in [-0.2, -0.15) is 0 Å². The number of carbonyl (C=O) groups is 1. The van der Waals surface area contributed by atoms with Crippen LogP contribution in [0.2, 0.25) is 0 Å². The predicted molar refractivity (Wildman–Crippen MR) is 72.2 cm³/mol. The van der Waals surface area contributed by atoms with Crippen LogP contribution in [0, 0.1) is 5.92 Å². The average molecular weight is 245 g/mol. The summed E-state index contributed by atoms with van der Waals surface area (Å²) in [7, 11) is 0. The Bertz CT molecular complexity index is 460. The number of anilines is 2. The molecule has 1 saturated heterocycles. The Morgan fingerprint density at radius 2 is 2.22 bits per heavy atom. The number of hydrogen-bond acceptors (Lipinski definition) is 3. The second-order valence-electron chi connectivity index (χ2n) is 5.40. The first-order valence-electron chi connectivity index (χ1n) is 6.61. The lowest BCUT2D eigenvalue weighted by Gasteiger charge is -2.25. The van der Waals surface area contributed by atoms with Gasteiger partial charge < -0.3 is 11.1 Å². The molecule has 0 aromatic heterocycles. The maximum Gasteiger partial charge on any atom is 0.238 e. The van der Waals surface area contributed by atoms with Crippen molar-refractivity contribution in [1.82, 2.24) is 4.90 Å². The van der Waals surface area contributed by atoms with Gasteiger partial charge in [-0.05, 0) is 37.3 Å². The Morgan fingerprint density at radius 1 is 1.39 bits per heavy atom. The lowest BCUT2D eigenvalue weighted by molar-refractivity contribution is -0.117. The summed E-state index contributed by atoms with van der Waals surface area (Å²) >= 11 is 0. The Balaban J connectivity index is 1.58. The number of nitrogens with zero attached hydrogens (tertiary/aromatic N) is 1. The van der Waals surface area contributed by atoms with Crippen LogP contribution in [-0.2, 0) is 4.79 Å². The third-order valence-corrected chi connectivity index (χ3v) is 4.10. The monoisotopic (exact) mass is 245 g/mol. The summed E-state index contributed by atoms with van der Waals surface area (Å²) < 4.78 is 0. The molecule has 1 heterocycles. The summed E-state index contributed by atoms with van der Waals surface area (Å²) in [5.41, 5.74) is 7.14. The molecule has 3 N–H and O–H groups in total. The fourth-order valence-corrected chi connectivity index (χ4v) is 3.21. The van der Waals surface area contributed by atoms with Crippen molar-refractivity contribution in [2.24, 2.45) is 5.92 Å². The zero-order chi connectivity index (χ0) is 12.5. The van der Waals surface area contributed by atoms with Crippen molar-refractivity contribution in [1.29, 1.82) is 0 Å². The van der Waals surface area contributed by atoms with Crippen LogP contribution in [0.5, 0.6) is 0 Å². The zero-order valence-corrected chi connectivity index (χ0v) is 10.4. The Kier molecular flexibility index (Phi) is 2.96. The Hall–Kier alpha value is -1.55. The second kappa shape index (κ2) is 4.61. The van der Waals surface area contributed by atoms with Crippen molar-refractivity contribution in [3.05, 3.63) is 24.3 Å². The first-order valence-corrected chi connectivity index (χ1v) is 6.61. The fourth-order valence-electron chi connectivity index (χ4n) is 3.21. The van der Waals surface area contributed by atoms with E-state index in [0.29, 0.717) is 24.0 Å². The highest BCUT2D eigenvalue weighted by Gasteiger charge is 2.38. The van der Waals surface area contributed by atoms with E-state index in [9.17, 15) is 4.79 Å². The first kappa shape index (κ1) is 11.5. The summed E-state index contributed by atoms with van der Waals surface area (Å²) in [6, 6.07) is 8.01. The number of benzene rings is 1. The van der Waals surface area contributed by atoms with E-state index in [1.807, 2.05) is 18.2 Å². The van der Waals surface area contributed by atoms with Crippen LogP contribution >= 0.6 is 0 Å². The molecule has 1 aliphatic carbocycles. The third kappa shape index (κ3) is 2.20. The number of likely N-dealkylation sites (tertiary alicyclic amines) is 1. The van der Waals surface area contributed by atoms with Gasteiger partial charge >= 0.3 is 0 Å². The summed E-state index contributed by atoms with van der Waals surface area (Å²) in [6.45, 7) is 1.58. The van der Waals surface area contributed by atoms with E-state index in [2.05, 4.69) is 10.2 Å². The van der Waals surface area contributed by atoms with Gasteiger partial charge in [-0.3, -0.25) is 9.69 Å². The van der Waals surface area contributed by atoms with Crippen molar-refractivity contribution >= 4 is 17.3 Å². The van der Waals surface area contributed by atoms with Gasteiger partial charge in [-0.15, -0.1) is 0 Å². The molecule has 0 spiro atoms. The molecule has 96 valence electrons. The van der Waals surface area contributed by atoms with E-state index < -0.39 is 0 Å². The van der Waals surface area contributed by atoms with Crippen molar-refractivity contribution in [3.8, 4) is 0 Å². The number of fused-ring (bicyclic) bond motifs is 2. The molecular weight excluding hydrogens is 226 g/mol. The molecule has 2 atom stereocenters. The Morgan fingerprint density at radius 3 is 2.89 bits per heavy atom. The predicted octanol–water partition coefficient (Wildman–Crippen LogP) is 1.69. The number of hydrogen-bond donors (Lipinski definition) is 2. The second-order valence-corrected chi connectivity index (χ2v) is 5.40. The minimum atomic E-state index is 0.0421. The van der Waals surface area contributed by atoms with E-state index in [1.165, 1.54) is 19.3 Å². The highest BCUT2D eigenvalue weighted by Crippen LogP contribution is 2.37. The molecule has 1 aromatic carbocycles. The SMILES string of the molecule is Nc1ccccc1NC(=O)CN1CC2CCC1C2. The van der Waals surface area contributed by atoms with Gasteiger partial charge in [0.25, 0.3) is 0 Å². The number of rotatable bonds is 3. The molecule has 1 amide bonds. The molecule has 2 aliphatic rings. The number of nitrogens with two attached hydrogens (primary N) is 1. The third-order valence-electron chi connectivity index (χ3n) is 4.10. The van der Waals surface area contributed by atoms with Crippen LogP contribution in [0.15, 0.2) is 24.3 Å². The molecule has 1 saturated carbocycles. The van der Waals surface area contributed by atoms with Gasteiger partial charge in [-0.1, -0.05) is 12.1 Å². The van der Waals surface area contributed by atoms with Crippen LogP contribution in [0.3, 0.4) is 0 Å². The largest absolute Gasteiger partial charge is 0.397 e. The molecule has 1 aliphatic heterocycles. The van der Waals surface area contributed by atoms with E-state index in [-0.39, 0.29) is 5.91 Å². The average Bonchev–Trinajstić information content (AvgIpc) is 2.94.